The van der Waals surface area contributed by atoms with Gasteiger partial charge in [-0.1, -0.05) is 23.2 Å². The molecule has 0 amide bonds. The second-order valence-electron chi connectivity index (χ2n) is 7.01. The molecule has 0 aliphatic carbocycles. The Morgan fingerprint density at radius 3 is 3.00 bits per heavy atom. The summed E-state index contributed by atoms with van der Waals surface area (Å²) in [6.45, 7) is 1.37. The molecule has 3 rings (SSSR count). The van der Waals surface area contributed by atoms with E-state index in [1.54, 1.807) is 24.5 Å². The predicted octanol–water partition coefficient (Wildman–Crippen LogP) is 4.45. The highest BCUT2D eigenvalue weighted by Gasteiger charge is 2.26. The molecule has 146 valence electrons. The van der Waals surface area contributed by atoms with E-state index in [2.05, 4.69) is 15.3 Å². The van der Waals surface area contributed by atoms with Gasteiger partial charge in [-0.25, -0.2) is 4.98 Å². The summed E-state index contributed by atoms with van der Waals surface area (Å²) in [5.41, 5.74) is 1.16. The fourth-order valence-electron chi connectivity index (χ4n) is 3.48. The van der Waals surface area contributed by atoms with Crippen molar-refractivity contribution >= 4 is 29.0 Å². The number of carbonyl (C=O) groups excluding carboxylic acids is 1. The number of hydrogen-bond donors (Lipinski definition) is 2. The quantitative estimate of drug-likeness (QED) is 0.600. The van der Waals surface area contributed by atoms with Gasteiger partial charge >= 0.3 is 0 Å². The van der Waals surface area contributed by atoms with E-state index in [1.807, 2.05) is 6.20 Å². The minimum atomic E-state index is -0.0374. The second-order valence-corrected chi connectivity index (χ2v) is 7.85. The third-order valence-electron chi connectivity index (χ3n) is 5.00. The third-order valence-corrected chi connectivity index (χ3v) is 5.53. The Labute approximate surface area is 169 Å². The number of piperidine rings is 1. The highest BCUT2D eigenvalue weighted by Crippen LogP contribution is 2.28. The van der Waals surface area contributed by atoms with Gasteiger partial charge in [-0.3, -0.25) is 4.79 Å². The highest BCUT2D eigenvalue weighted by atomic mass is 35.5. The number of rotatable bonds is 9. The number of nitrogens with zero attached hydrogens (tertiary/aromatic N) is 1. The van der Waals surface area contributed by atoms with E-state index in [0.717, 1.165) is 37.9 Å². The smallest absolute Gasteiger partial charge is 0.149 e. The van der Waals surface area contributed by atoms with Crippen molar-refractivity contribution in [1.29, 1.82) is 0 Å². The number of ether oxygens (including phenoxy) is 1. The van der Waals surface area contributed by atoms with Gasteiger partial charge in [0.1, 0.15) is 11.5 Å². The normalized spacial score (nSPS) is 19.8. The average molecular weight is 410 g/mol. The summed E-state index contributed by atoms with van der Waals surface area (Å²) in [4.78, 5) is 19.7. The fraction of sp³-hybridized carbons (Fsp3) is 0.500. The molecule has 2 atom stereocenters. The Kier molecular flexibility index (Phi) is 7.56. The van der Waals surface area contributed by atoms with E-state index in [1.165, 1.54) is 0 Å². The maximum atomic E-state index is 12.5. The maximum Gasteiger partial charge on any atom is 0.149 e. The number of aromatic nitrogens is 2. The molecule has 2 N–H and O–H groups in total. The number of aromatic amines is 1. The van der Waals surface area contributed by atoms with Crippen LogP contribution in [-0.2, 0) is 11.2 Å². The molecule has 1 aliphatic heterocycles. The lowest BCUT2D eigenvalue weighted by Gasteiger charge is -2.29. The van der Waals surface area contributed by atoms with Gasteiger partial charge in [0.2, 0.25) is 0 Å². The lowest BCUT2D eigenvalue weighted by molar-refractivity contribution is -0.122. The standard InChI is InChI=1S/C20H25Cl2N3O2/c21-15-4-6-20(17(22)11-15)27-9-1-2-19(26)18-10-14(7-8-24-18)3-5-16-12-23-13-25-16/h4,6,11-14,18,24H,1-3,5,7-10H2,(H,23,25). The van der Waals surface area contributed by atoms with Crippen molar-refractivity contribution in [2.24, 2.45) is 5.92 Å². The SMILES string of the molecule is O=C(CCCOc1ccc(Cl)cc1Cl)C1CC(CCc2cnc[nH]2)CCN1. The molecule has 0 bridgehead atoms. The third kappa shape index (κ3) is 6.23. The molecular weight excluding hydrogens is 385 g/mol. The summed E-state index contributed by atoms with van der Waals surface area (Å²) in [5, 5.41) is 4.44. The first-order valence-electron chi connectivity index (χ1n) is 9.43. The minimum Gasteiger partial charge on any atom is -0.492 e. The Bertz CT molecular complexity index is 737. The van der Waals surface area contributed by atoms with Gasteiger partial charge < -0.3 is 15.0 Å². The number of halogens is 2. The zero-order chi connectivity index (χ0) is 19.1. The number of carbonyl (C=O) groups is 1. The van der Waals surface area contributed by atoms with Crippen LogP contribution in [0.2, 0.25) is 10.0 Å². The van der Waals surface area contributed by atoms with Crippen molar-refractivity contribution in [1.82, 2.24) is 15.3 Å². The number of H-pyrrole nitrogens is 1. The summed E-state index contributed by atoms with van der Waals surface area (Å²) >= 11 is 12.0. The first kappa shape index (κ1) is 20.2. The van der Waals surface area contributed by atoms with Crippen LogP contribution in [0.25, 0.3) is 0 Å². The number of imidazole rings is 1. The van der Waals surface area contributed by atoms with Gasteiger partial charge in [-0.2, -0.15) is 0 Å². The van der Waals surface area contributed by atoms with Crippen LogP contribution in [0.1, 0.15) is 37.8 Å². The zero-order valence-electron chi connectivity index (χ0n) is 15.2. The maximum absolute atomic E-state index is 12.5. The predicted molar refractivity (Wildman–Crippen MR) is 108 cm³/mol. The molecule has 0 saturated carbocycles. The van der Waals surface area contributed by atoms with Crippen molar-refractivity contribution in [2.75, 3.05) is 13.2 Å². The number of Topliss-reactive ketones (excluding diaryl/α,β-unsaturated/α-hetero) is 1. The Hall–Kier alpha value is -1.56. The first-order valence-corrected chi connectivity index (χ1v) is 10.2. The monoisotopic (exact) mass is 409 g/mol. The molecule has 5 nitrogen and oxygen atoms in total. The molecule has 1 saturated heterocycles. The van der Waals surface area contributed by atoms with Crippen LogP contribution in [0.3, 0.4) is 0 Å². The van der Waals surface area contributed by atoms with Gasteiger partial charge in [-0.05, 0) is 62.8 Å². The van der Waals surface area contributed by atoms with Crippen molar-refractivity contribution in [3.05, 3.63) is 46.5 Å². The molecule has 2 heterocycles. The highest BCUT2D eigenvalue weighted by molar-refractivity contribution is 6.35. The van der Waals surface area contributed by atoms with Gasteiger partial charge in [0.15, 0.2) is 0 Å². The Morgan fingerprint density at radius 2 is 2.22 bits per heavy atom. The van der Waals surface area contributed by atoms with Crippen molar-refractivity contribution in [2.45, 2.75) is 44.6 Å². The summed E-state index contributed by atoms with van der Waals surface area (Å²) in [7, 11) is 0. The van der Waals surface area contributed by atoms with Gasteiger partial charge in [-0.15, -0.1) is 0 Å². The van der Waals surface area contributed by atoms with E-state index >= 15 is 0 Å². The second kappa shape index (κ2) is 10.1. The number of ketones is 1. The molecule has 2 aromatic rings. The number of hydrogen-bond acceptors (Lipinski definition) is 4. The Morgan fingerprint density at radius 1 is 1.33 bits per heavy atom. The van der Waals surface area contributed by atoms with Crippen LogP contribution in [0.15, 0.2) is 30.7 Å². The summed E-state index contributed by atoms with van der Waals surface area (Å²) in [5.74, 6) is 1.45. The van der Waals surface area contributed by atoms with E-state index in [4.69, 9.17) is 27.9 Å². The lowest BCUT2D eigenvalue weighted by atomic mass is 9.86. The van der Waals surface area contributed by atoms with Crippen LogP contribution < -0.4 is 10.1 Å². The molecule has 1 fully saturated rings. The van der Waals surface area contributed by atoms with Gasteiger partial charge in [0.25, 0.3) is 0 Å². The van der Waals surface area contributed by atoms with Gasteiger partial charge in [0, 0.05) is 23.3 Å². The van der Waals surface area contributed by atoms with E-state index in [9.17, 15) is 4.79 Å². The molecule has 2 unspecified atom stereocenters. The first-order chi connectivity index (χ1) is 13.1. The molecule has 1 aliphatic rings. The van der Waals surface area contributed by atoms with Crippen LogP contribution >= 0.6 is 23.2 Å². The summed E-state index contributed by atoms with van der Waals surface area (Å²) in [6.07, 6.45) is 8.88. The number of aryl methyl sites for hydroxylation is 1. The number of benzene rings is 1. The molecule has 27 heavy (non-hydrogen) atoms. The molecule has 1 aromatic heterocycles. The largest absolute Gasteiger partial charge is 0.492 e. The molecule has 0 spiro atoms. The molecule has 1 aromatic carbocycles. The Balaban J connectivity index is 1.37. The molecular formula is C20H25Cl2N3O2. The van der Waals surface area contributed by atoms with Crippen LogP contribution in [0, 0.1) is 5.92 Å². The van der Waals surface area contributed by atoms with Crippen LogP contribution in [0.4, 0.5) is 0 Å². The summed E-state index contributed by atoms with van der Waals surface area (Å²) in [6, 6.07) is 5.10. The number of nitrogens with one attached hydrogen (secondary N) is 2. The summed E-state index contributed by atoms with van der Waals surface area (Å²) < 4.78 is 5.66. The molecule has 0 radical (unpaired) electrons. The van der Waals surface area contributed by atoms with Crippen molar-refractivity contribution in [3.8, 4) is 5.75 Å². The van der Waals surface area contributed by atoms with E-state index < -0.39 is 0 Å². The molecule has 7 heteroatoms. The van der Waals surface area contributed by atoms with Gasteiger partial charge in [0.05, 0.1) is 24.0 Å². The van der Waals surface area contributed by atoms with Crippen LogP contribution in [0.5, 0.6) is 5.75 Å². The minimum absolute atomic E-state index is 0.0374. The van der Waals surface area contributed by atoms with Crippen molar-refractivity contribution < 1.29 is 9.53 Å². The zero-order valence-corrected chi connectivity index (χ0v) is 16.7. The topological polar surface area (TPSA) is 67.0 Å². The lowest BCUT2D eigenvalue weighted by Crippen LogP contribution is -2.43. The average Bonchev–Trinajstić information content (AvgIpc) is 3.18. The van der Waals surface area contributed by atoms with E-state index in [-0.39, 0.29) is 11.8 Å². The fourth-order valence-corrected chi connectivity index (χ4v) is 3.94. The van der Waals surface area contributed by atoms with Crippen molar-refractivity contribution in [3.63, 3.8) is 0 Å². The van der Waals surface area contributed by atoms with E-state index in [0.29, 0.717) is 41.2 Å². The van der Waals surface area contributed by atoms with Crippen LogP contribution in [-0.4, -0.2) is 34.9 Å².